The summed E-state index contributed by atoms with van der Waals surface area (Å²) in [6, 6.07) is 8.02. The molecule has 0 aliphatic carbocycles. The molecule has 0 bridgehead atoms. The van der Waals surface area contributed by atoms with Crippen LogP contribution in [0.5, 0.6) is 0 Å². The van der Waals surface area contributed by atoms with E-state index in [2.05, 4.69) is 21.9 Å². The van der Waals surface area contributed by atoms with Gasteiger partial charge in [-0.2, -0.15) is 5.10 Å². The molecule has 1 aliphatic heterocycles. The van der Waals surface area contributed by atoms with Crippen LogP contribution in [0.1, 0.15) is 23.0 Å². The van der Waals surface area contributed by atoms with E-state index in [4.69, 9.17) is 9.72 Å². The van der Waals surface area contributed by atoms with Crippen LogP contribution in [0.2, 0.25) is 0 Å². The van der Waals surface area contributed by atoms with E-state index < -0.39 is 0 Å². The van der Waals surface area contributed by atoms with E-state index in [0.717, 1.165) is 47.2 Å². The van der Waals surface area contributed by atoms with Gasteiger partial charge in [0.05, 0.1) is 28.7 Å². The molecule has 0 amide bonds. The molecule has 2 aromatic heterocycles. The Kier molecular flexibility index (Phi) is 5.20. The molecule has 0 atom stereocenters. The van der Waals surface area contributed by atoms with Crippen LogP contribution in [0.25, 0.3) is 15.3 Å². The maximum absolute atomic E-state index is 12.5. The van der Waals surface area contributed by atoms with Crippen molar-refractivity contribution in [1.29, 1.82) is 0 Å². The first-order valence-corrected chi connectivity index (χ1v) is 9.98. The van der Waals surface area contributed by atoms with Crippen LogP contribution in [-0.2, 0) is 11.3 Å². The lowest BCUT2D eigenvalue weighted by Crippen LogP contribution is -2.44. The number of ether oxygens (including phenoxy) is 1. The topological polar surface area (TPSA) is 63.5 Å². The van der Waals surface area contributed by atoms with Crippen LogP contribution >= 0.6 is 11.3 Å². The zero-order chi connectivity index (χ0) is 18.8. The molecule has 1 aromatic carbocycles. The normalized spacial score (nSPS) is 16.1. The quantitative estimate of drug-likeness (QED) is 0.629. The highest BCUT2D eigenvalue weighted by atomic mass is 32.1. The van der Waals surface area contributed by atoms with Gasteiger partial charge in [0.1, 0.15) is 5.56 Å². The van der Waals surface area contributed by atoms with Crippen molar-refractivity contribution in [2.24, 2.45) is 0 Å². The summed E-state index contributed by atoms with van der Waals surface area (Å²) in [6.07, 6.45) is 1.61. The van der Waals surface area contributed by atoms with Gasteiger partial charge in [-0.15, -0.1) is 0 Å². The van der Waals surface area contributed by atoms with E-state index >= 15 is 0 Å². The van der Waals surface area contributed by atoms with Crippen molar-refractivity contribution >= 4 is 27.5 Å². The summed E-state index contributed by atoms with van der Waals surface area (Å²) in [7, 11) is 2.13. The van der Waals surface area contributed by atoms with Crippen molar-refractivity contribution in [3.8, 4) is 5.13 Å². The molecule has 0 saturated carbocycles. The van der Waals surface area contributed by atoms with Gasteiger partial charge >= 0.3 is 5.97 Å². The van der Waals surface area contributed by atoms with Crippen LogP contribution in [0, 0.1) is 0 Å². The Morgan fingerprint density at radius 1 is 1.22 bits per heavy atom. The third-order valence-electron chi connectivity index (χ3n) is 4.80. The van der Waals surface area contributed by atoms with Gasteiger partial charge in [0, 0.05) is 32.7 Å². The van der Waals surface area contributed by atoms with E-state index in [0.29, 0.717) is 18.7 Å². The van der Waals surface area contributed by atoms with Crippen molar-refractivity contribution in [2.45, 2.75) is 13.5 Å². The molecule has 1 aliphatic rings. The highest BCUT2D eigenvalue weighted by molar-refractivity contribution is 7.20. The fraction of sp³-hybridized carbons (Fsp3) is 0.421. The van der Waals surface area contributed by atoms with Gasteiger partial charge in [-0.1, -0.05) is 23.5 Å². The first-order chi connectivity index (χ1) is 13.2. The highest BCUT2D eigenvalue weighted by Crippen LogP contribution is 2.27. The van der Waals surface area contributed by atoms with Gasteiger partial charge < -0.3 is 9.64 Å². The molecule has 7 nitrogen and oxygen atoms in total. The van der Waals surface area contributed by atoms with Gasteiger partial charge in [-0.3, -0.25) is 4.90 Å². The van der Waals surface area contributed by atoms with Crippen molar-refractivity contribution in [1.82, 2.24) is 24.6 Å². The minimum absolute atomic E-state index is 0.325. The number of hydrogen-bond donors (Lipinski definition) is 0. The maximum Gasteiger partial charge on any atom is 0.341 e. The molecule has 3 aromatic rings. The van der Waals surface area contributed by atoms with Gasteiger partial charge in [-0.25, -0.2) is 14.5 Å². The fourth-order valence-electron chi connectivity index (χ4n) is 3.24. The zero-order valence-electron chi connectivity index (χ0n) is 15.6. The van der Waals surface area contributed by atoms with Crippen LogP contribution in [0.15, 0.2) is 30.5 Å². The Morgan fingerprint density at radius 2 is 2.00 bits per heavy atom. The van der Waals surface area contributed by atoms with Crippen LogP contribution in [-0.4, -0.2) is 70.4 Å². The smallest absolute Gasteiger partial charge is 0.341 e. The van der Waals surface area contributed by atoms with Crippen molar-refractivity contribution in [3.63, 3.8) is 0 Å². The van der Waals surface area contributed by atoms with Crippen molar-refractivity contribution in [2.75, 3.05) is 39.8 Å². The summed E-state index contributed by atoms with van der Waals surface area (Å²) in [5.74, 6) is -0.325. The molecule has 1 fully saturated rings. The van der Waals surface area contributed by atoms with Gasteiger partial charge in [0.15, 0.2) is 0 Å². The molecule has 0 radical (unpaired) electrons. The first kappa shape index (κ1) is 18.1. The number of para-hydroxylation sites is 1. The second kappa shape index (κ2) is 7.75. The minimum atomic E-state index is -0.325. The summed E-state index contributed by atoms with van der Waals surface area (Å²) >= 11 is 1.58. The van der Waals surface area contributed by atoms with E-state index in [-0.39, 0.29) is 5.97 Å². The Balaban J connectivity index is 1.71. The van der Waals surface area contributed by atoms with Crippen molar-refractivity contribution in [3.05, 3.63) is 41.7 Å². The number of likely N-dealkylation sites (N-methyl/N-ethyl adjacent to an activating group) is 1. The molecule has 0 unspecified atom stereocenters. The van der Waals surface area contributed by atoms with Crippen LogP contribution in [0.4, 0.5) is 0 Å². The number of carbonyl (C=O) groups excluding carboxylic acids is 1. The second-order valence-corrected chi connectivity index (χ2v) is 7.69. The predicted molar refractivity (Wildman–Crippen MR) is 105 cm³/mol. The molecular formula is C19H23N5O2S. The summed E-state index contributed by atoms with van der Waals surface area (Å²) in [5, 5.41) is 5.27. The third-order valence-corrected chi connectivity index (χ3v) is 5.81. The number of thiazole rings is 1. The fourth-order valence-corrected chi connectivity index (χ4v) is 4.19. The monoisotopic (exact) mass is 385 g/mol. The molecule has 0 spiro atoms. The molecular weight excluding hydrogens is 362 g/mol. The molecule has 142 valence electrons. The summed E-state index contributed by atoms with van der Waals surface area (Å²) in [6.45, 7) is 6.77. The number of aromatic nitrogens is 3. The molecule has 4 rings (SSSR count). The van der Waals surface area contributed by atoms with E-state index in [1.165, 1.54) is 0 Å². The first-order valence-electron chi connectivity index (χ1n) is 9.16. The van der Waals surface area contributed by atoms with Gasteiger partial charge in [0.25, 0.3) is 0 Å². The second-order valence-electron chi connectivity index (χ2n) is 6.68. The lowest BCUT2D eigenvalue weighted by atomic mass is 10.2. The number of benzene rings is 1. The molecule has 1 saturated heterocycles. The maximum atomic E-state index is 12.5. The lowest BCUT2D eigenvalue weighted by molar-refractivity contribution is 0.0522. The minimum Gasteiger partial charge on any atom is -0.462 e. The number of piperazine rings is 1. The Labute approximate surface area is 162 Å². The zero-order valence-corrected chi connectivity index (χ0v) is 16.4. The summed E-state index contributed by atoms with van der Waals surface area (Å²) in [5.41, 5.74) is 2.31. The van der Waals surface area contributed by atoms with Gasteiger partial charge in [0.2, 0.25) is 5.13 Å². The third kappa shape index (κ3) is 3.73. The average molecular weight is 385 g/mol. The summed E-state index contributed by atoms with van der Waals surface area (Å²) < 4.78 is 8.15. The number of hydrogen-bond acceptors (Lipinski definition) is 7. The number of carbonyl (C=O) groups is 1. The van der Waals surface area contributed by atoms with E-state index in [1.54, 1.807) is 22.2 Å². The lowest BCUT2D eigenvalue weighted by Gasteiger charge is -2.32. The largest absolute Gasteiger partial charge is 0.462 e. The predicted octanol–water partition coefficient (Wildman–Crippen LogP) is 2.41. The standard InChI is InChI=1S/C19H23N5O2S/c1-3-26-18(25)14-12-20-24(16(14)13-23-10-8-22(2)9-11-23)19-21-15-6-4-5-7-17(15)27-19/h4-7,12H,3,8-11,13H2,1-2H3. The summed E-state index contributed by atoms with van der Waals surface area (Å²) in [4.78, 5) is 21.8. The number of esters is 1. The van der Waals surface area contributed by atoms with Crippen molar-refractivity contribution < 1.29 is 9.53 Å². The van der Waals surface area contributed by atoms with Crippen LogP contribution in [0.3, 0.4) is 0 Å². The number of nitrogens with zero attached hydrogens (tertiary/aromatic N) is 5. The Hall–Kier alpha value is -2.29. The molecule has 0 N–H and O–H groups in total. The SMILES string of the molecule is CCOC(=O)c1cnn(-c2nc3ccccc3s2)c1CN1CCN(C)CC1. The molecule has 8 heteroatoms. The Bertz CT molecular complexity index is 910. The average Bonchev–Trinajstić information content (AvgIpc) is 3.27. The van der Waals surface area contributed by atoms with E-state index in [1.807, 2.05) is 31.2 Å². The molecule has 27 heavy (non-hydrogen) atoms. The number of rotatable bonds is 5. The van der Waals surface area contributed by atoms with E-state index in [9.17, 15) is 4.79 Å². The number of fused-ring (bicyclic) bond motifs is 1. The Morgan fingerprint density at radius 3 is 2.74 bits per heavy atom. The van der Waals surface area contributed by atoms with Crippen LogP contribution < -0.4 is 0 Å². The highest BCUT2D eigenvalue weighted by Gasteiger charge is 2.24. The molecule has 3 heterocycles. The van der Waals surface area contributed by atoms with Gasteiger partial charge in [-0.05, 0) is 26.1 Å².